The van der Waals surface area contributed by atoms with Crippen molar-refractivity contribution in [3.8, 4) is 0 Å². The van der Waals surface area contributed by atoms with Crippen LogP contribution in [0.3, 0.4) is 0 Å². The summed E-state index contributed by atoms with van der Waals surface area (Å²) in [6.45, 7) is 10.7. The lowest BCUT2D eigenvalue weighted by Crippen LogP contribution is -2.52. The molecule has 0 aromatic carbocycles. The van der Waals surface area contributed by atoms with Crippen LogP contribution in [0.5, 0.6) is 0 Å². The van der Waals surface area contributed by atoms with E-state index in [1.807, 2.05) is 0 Å². The number of nitrogens with zero attached hydrogens (tertiary/aromatic N) is 1. The number of rotatable bonds is 6. The molecule has 0 bridgehead atoms. The fourth-order valence-electron chi connectivity index (χ4n) is 4.03. The molecule has 1 heterocycles. The summed E-state index contributed by atoms with van der Waals surface area (Å²) >= 11 is 0. The first-order valence-corrected chi connectivity index (χ1v) is 8.33. The molecule has 0 radical (unpaired) electrons. The summed E-state index contributed by atoms with van der Waals surface area (Å²) in [6, 6.07) is 0. The number of morpholine rings is 1. The molecular weight excluding hydrogens is 252 g/mol. The predicted octanol–water partition coefficient (Wildman–Crippen LogP) is 1.49. The van der Waals surface area contributed by atoms with Crippen molar-refractivity contribution in [2.75, 3.05) is 45.9 Å². The number of ether oxygens (including phenoxy) is 1. The Morgan fingerprint density at radius 2 is 2.30 bits per heavy atom. The van der Waals surface area contributed by atoms with Crippen LogP contribution in [0.2, 0.25) is 0 Å². The maximum atomic E-state index is 9.30. The van der Waals surface area contributed by atoms with Crippen LogP contribution in [0, 0.1) is 11.3 Å². The van der Waals surface area contributed by atoms with E-state index in [0.717, 1.165) is 45.2 Å². The first-order valence-electron chi connectivity index (χ1n) is 8.33. The Morgan fingerprint density at radius 3 is 3.00 bits per heavy atom. The zero-order chi connectivity index (χ0) is 14.4. The summed E-state index contributed by atoms with van der Waals surface area (Å²) in [6.07, 6.45) is 5.43. The van der Waals surface area contributed by atoms with E-state index in [1.54, 1.807) is 0 Å². The number of nitrogens with one attached hydrogen (secondary N) is 1. The molecule has 1 aliphatic carbocycles. The van der Waals surface area contributed by atoms with E-state index >= 15 is 0 Å². The van der Waals surface area contributed by atoms with Crippen molar-refractivity contribution in [3.63, 3.8) is 0 Å². The Morgan fingerprint density at radius 1 is 1.45 bits per heavy atom. The summed E-state index contributed by atoms with van der Waals surface area (Å²) in [5, 5.41) is 12.9. The lowest BCUT2D eigenvalue weighted by Gasteiger charge is -2.45. The summed E-state index contributed by atoms with van der Waals surface area (Å²) in [5.74, 6) is 0.845. The molecule has 3 unspecified atom stereocenters. The molecule has 118 valence electrons. The fourth-order valence-corrected chi connectivity index (χ4v) is 4.03. The van der Waals surface area contributed by atoms with E-state index in [2.05, 4.69) is 24.1 Å². The Hall–Kier alpha value is -0.160. The van der Waals surface area contributed by atoms with Crippen LogP contribution in [0.4, 0.5) is 0 Å². The number of aliphatic hydroxyl groups is 1. The van der Waals surface area contributed by atoms with Crippen LogP contribution >= 0.6 is 0 Å². The molecule has 1 saturated carbocycles. The third-order valence-electron chi connectivity index (χ3n) is 4.92. The van der Waals surface area contributed by atoms with E-state index < -0.39 is 0 Å². The van der Waals surface area contributed by atoms with Gasteiger partial charge in [0.2, 0.25) is 0 Å². The van der Waals surface area contributed by atoms with Crippen LogP contribution < -0.4 is 5.32 Å². The van der Waals surface area contributed by atoms with Gasteiger partial charge in [0.05, 0.1) is 19.3 Å². The maximum Gasteiger partial charge on any atom is 0.0932 e. The number of hydrogen-bond acceptors (Lipinski definition) is 4. The van der Waals surface area contributed by atoms with Gasteiger partial charge in [-0.2, -0.15) is 0 Å². The average Bonchev–Trinajstić information content (AvgIpc) is 2.45. The van der Waals surface area contributed by atoms with Crippen LogP contribution in [0.25, 0.3) is 0 Å². The summed E-state index contributed by atoms with van der Waals surface area (Å²) in [5.41, 5.74) is 0.422. The van der Waals surface area contributed by atoms with Gasteiger partial charge in [-0.25, -0.2) is 0 Å². The molecule has 0 aromatic rings. The molecule has 4 heteroatoms. The first kappa shape index (κ1) is 16.2. The van der Waals surface area contributed by atoms with Crippen molar-refractivity contribution >= 4 is 0 Å². The quantitative estimate of drug-likeness (QED) is 0.775. The topological polar surface area (TPSA) is 44.7 Å². The highest BCUT2D eigenvalue weighted by molar-refractivity contribution is 4.91. The van der Waals surface area contributed by atoms with Gasteiger partial charge in [0.25, 0.3) is 0 Å². The van der Waals surface area contributed by atoms with Gasteiger partial charge in [-0.05, 0) is 30.7 Å². The largest absolute Gasteiger partial charge is 0.394 e. The van der Waals surface area contributed by atoms with Crippen LogP contribution in [0.15, 0.2) is 0 Å². The Labute approximate surface area is 123 Å². The lowest BCUT2D eigenvalue weighted by molar-refractivity contribution is -0.0670. The molecular formula is C16H32N2O2. The molecule has 0 spiro atoms. The van der Waals surface area contributed by atoms with Gasteiger partial charge in [-0.1, -0.05) is 26.7 Å². The molecule has 0 amide bonds. The van der Waals surface area contributed by atoms with E-state index in [9.17, 15) is 5.11 Å². The highest BCUT2D eigenvalue weighted by Crippen LogP contribution is 2.39. The second-order valence-electron chi connectivity index (χ2n) is 6.89. The van der Waals surface area contributed by atoms with Crippen LogP contribution in [0.1, 0.15) is 39.5 Å². The summed E-state index contributed by atoms with van der Waals surface area (Å²) in [7, 11) is 0. The highest BCUT2D eigenvalue weighted by atomic mass is 16.5. The van der Waals surface area contributed by atoms with Gasteiger partial charge in [0, 0.05) is 26.2 Å². The zero-order valence-corrected chi connectivity index (χ0v) is 13.2. The molecule has 0 aromatic heterocycles. The maximum absolute atomic E-state index is 9.30. The van der Waals surface area contributed by atoms with Crippen molar-refractivity contribution in [1.82, 2.24) is 10.2 Å². The van der Waals surface area contributed by atoms with Gasteiger partial charge in [-0.3, -0.25) is 4.90 Å². The smallest absolute Gasteiger partial charge is 0.0932 e. The van der Waals surface area contributed by atoms with E-state index in [0.29, 0.717) is 5.41 Å². The molecule has 4 nitrogen and oxygen atoms in total. The Kier molecular flexibility index (Phi) is 6.27. The van der Waals surface area contributed by atoms with Gasteiger partial charge < -0.3 is 15.2 Å². The van der Waals surface area contributed by atoms with Gasteiger partial charge in [0.15, 0.2) is 0 Å². The van der Waals surface area contributed by atoms with Gasteiger partial charge >= 0.3 is 0 Å². The predicted molar refractivity (Wildman–Crippen MR) is 81.9 cm³/mol. The minimum absolute atomic E-state index is 0.0148. The molecule has 20 heavy (non-hydrogen) atoms. The molecule has 1 saturated heterocycles. The molecule has 2 fully saturated rings. The summed E-state index contributed by atoms with van der Waals surface area (Å²) < 4.78 is 5.57. The second kappa shape index (κ2) is 7.74. The Bertz CT molecular complexity index is 288. The first-order chi connectivity index (χ1) is 9.67. The SMILES string of the molecule is CCNCC1(CN2CCOC(CO)C2)CCCC(C)C1. The van der Waals surface area contributed by atoms with E-state index in [1.165, 1.54) is 25.7 Å². The standard InChI is InChI=1S/C16H32N2O2/c1-3-17-12-16(6-4-5-14(2)9-16)13-18-7-8-20-15(10-18)11-19/h14-15,17,19H,3-13H2,1-2H3. The normalized spacial score (nSPS) is 36.1. The van der Waals surface area contributed by atoms with Gasteiger partial charge in [0.1, 0.15) is 0 Å². The highest BCUT2D eigenvalue weighted by Gasteiger charge is 2.37. The van der Waals surface area contributed by atoms with Gasteiger partial charge in [-0.15, -0.1) is 0 Å². The molecule has 1 aliphatic heterocycles. The Balaban J connectivity index is 1.95. The average molecular weight is 284 g/mol. The zero-order valence-electron chi connectivity index (χ0n) is 13.2. The third-order valence-corrected chi connectivity index (χ3v) is 4.92. The molecule has 2 aliphatic rings. The molecule has 2 N–H and O–H groups in total. The van der Waals surface area contributed by atoms with E-state index in [4.69, 9.17) is 4.74 Å². The summed E-state index contributed by atoms with van der Waals surface area (Å²) in [4.78, 5) is 2.51. The number of aliphatic hydroxyl groups excluding tert-OH is 1. The van der Waals surface area contributed by atoms with Crippen molar-refractivity contribution in [3.05, 3.63) is 0 Å². The lowest BCUT2D eigenvalue weighted by atomic mass is 9.69. The minimum atomic E-state index is 0.0148. The van der Waals surface area contributed by atoms with Crippen molar-refractivity contribution in [2.24, 2.45) is 11.3 Å². The fraction of sp³-hybridized carbons (Fsp3) is 1.00. The monoisotopic (exact) mass is 284 g/mol. The number of hydrogen-bond donors (Lipinski definition) is 2. The molecule has 2 rings (SSSR count). The van der Waals surface area contributed by atoms with Crippen molar-refractivity contribution in [2.45, 2.75) is 45.6 Å². The third kappa shape index (κ3) is 4.42. The van der Waals surface area contributed by atoms with E-state index in [-0.39, 0.29) is 12.7 Å². The van der Waals surface area contributed by atoms with Crippen molar-refractivity contribution in [1.29, 1.82) is 0 Å². The van der Waals surface area contributed by atoms with Crippen LogP contribution in [-0.2, 0) is 4.74 Å². The van der Waals surface area contributed by atoms with Crippen molar-refractivity contribution < 1.29 is 9.84 Å². The minimum Gasteiger partial charge on any atom is -0.394 e. The second-order valence-corrected chi connectivity index (χ2v) is 6.89. The van der Waals surface area contributed by atoms with Crippen LogP contribution in [-0.4, -0.2) is 62.0 Å². The molecule has 3 atom stereocenters.